The number of benzene rings is 2. The van der Waals surface area contributed by atoms with Crippen LogP contribution in [-0.4, -0.2) is 29.8 Å². The number of nitrogens with one attached hydrogen (secondary N) is 2. The number of hydrogen-bond acceptors (Lipinski definition) is 6. The number of carbonyl (C=O) groups is 1. The third-order valence-corrected chi connectivity index (χ3v) is 4.30. The lowest BCUT2D eigenvalue weighted by Crippen LogP contribution is -2.21. The quantitative estimate of drug-likeness (QED) is 0.620. The fourth-order valence-electron chi connectivity index (χ4n) is 2.41. The van der Waals surface area contributed by atoms with Crippen molar-refractivity contribution in [3.05, 3.63) is 65.2 Å². The molecule has 2 N–H and O–H groups in total. The average molecular weight is 399 g/mol. The molecule has 3 aromatic rings. The molecule has 3 rings (SSSR count). The summed E-state index contributed by atoms with van der Waals surface area (Å²) in [4.78, 5) is 12.1. The molecule has 0 bridgehead atoms. The maximum atomic E-state index is 12.1. The number of methoxy groups -OCH3 is 1. The van der Waals surface area contributed by atoms with E-state index in [1.54, 1.807) is 37.4 Å². The Morgan fingerprint density at radius 1 is 1.00 bits per heavy atom. The third-order valence-electron chi connectivity index (χ3n) is 3.89. The summed E-state index contributed by atoms with van der Waals surface area (Å²) >= 11 is 6.11. The van der Waals surface area contributed by atoms with Gasteiger partial charge in [0.05, 0.1) is 7.11 Å². The van der Waals surface area contributed by atoms with E-state index in [0.29, 0.717) is 28.2 Å². The van der Waals surface area contributed by atoms with Crippen molar-refractivity contribution in [2.24, 2.45) is 0 Å². The molecule has 1 amide bonds. The molecule has 0 aliphatic heterocycles. The Hall–Kier alpha value is -3.32. The van der Waals surface area contributed by atoms with Crippen molar-refractivity contribution < 1.29 is 14.3 Å². The van der Waals surface area contributed by atoms with E-state index in [1.807, 2.05) is 31.2 Å². The van der Waals surface area contributed by atoms with Crippen molar-refractivity contribution >= 4 is 34.8 Å². The van der Waals surface area contributed by atoms with Crippen molar-refractivity contribution in [1.82, 2.24) is 10.2 Å². The number of rotatable bonds is 7. The molecule has 0 fully saturated rings. The Kier molecular flexibility index (Phi) is 6.29. The van der Waals surface area contributed by atoms with Gasteiger partial charge < -0.3 is 20.1 Å². The van der Waals surface area contributed by atoms with Gasteiger partial charge in [-0.05, 0) is 48.9 Å². The van der Waals surface area contributed by atoms with Crippen LogP contribution in [0.4, 0.5) is 17.3 Å². The fourth-order valence-corrected chi connectivity index (χ4v) is 2.58. The second-order valence-corrected chi connectivity index (χ2v) is 6.24. The monoisotopic (exact) mass is 398 g/mol. The lowest BCUT2D eigenvalue weighted by molar-refractivity contribution is -0.118. The Bertz CT molecular complexity index is 964. The van der Waals surface area contributed by atoms with E-state index in [0.717, 1.165) is 11.3 Å². The van der Waals surface area contributed by atoms with Gasteiger partial charge in [0.2, 0.25) is 0 Å². The van der Waals surface area contributed by atoms with E-state index in [4.69, 9.17) is 21.1 Å². The molecule has 144 valence electrons. The molecular formula is C20H19ClN4O3. The standard InChI is InChI=1S/C20H19ClN4O3/c1-13-14(21)6-5-7-15(13)22-18-10-11-19(25-24-18)23-20(26)12-28-17-9-4-3-8-16(17)27-2/h3-11H,12H2,1-2H3,(H,22,24)(H,23,25,26). The molecular weight excluding hydrogens is 380 g/mol. The normalized spacial score (nSPS) is 10.2. The maximum Gasteiger partial charge on any atom is 0.263 e. The van der Waals surface area contributed by atoms with Crippen molar-refractivity contribution in [2.45, 2.75) is 6.92 Å². The van der Waals surface area contributed by atoms with Gasteiger partial charge in [0.1, 0.15) is 0 Å². The summed E-state index contributed by atoms with van der Waals surface area (Å²) in [6.45, 7) is 1.73. The highest BCUT2D eigenvalue weighted by Gasteiger charge is 2.09. The molecule has 28 heavy (non-hydrogen) atoms. The minimum atomic E-state index is -0.355. The van der Waals surface area contributed by atoms with Crippen LogP contribution in [0.25, 0.3) is 0 Å². The van der Waals surface area contributed by atoms with Crippen LogP contribution in [0.5, 0.6) is 11.5 Å². The van der Waals surface area contributed by atoms with Gasteiger partial charge in [-0.3, -0.25) is 4.79 Å². The van der Waals surface area contributed by atoms with Gasteiger partial charge in [0, 0.05) is 10.7 Å². The molecule has 0 radical (unpaired) electrons. The van der Waals surface area contributed by atoms with E-state index in [9.17, 15) is 4.79 Å². The van der Waals surface area contributed by atoms with E-state index in [1.165, 1.54) is 0 Å². The number of halogens is 1. The lowest BCUT2D eigenvalue weighted by Gasteiger charge is -2.11. The average Bonchev–Trinajstić information content (AvgIpc) is 2.71. The number of carbonyl (C=O) groups excluding carboxylic acids is 1. The van der Waals surface area contributed by atoms with Crippen LogP contribution in [0.3, 0.4) is 0 Å². The Balaban J connectivity index is 1.56. The molecule has 0 unspecified atom stereocenters. The highest BCUT2D eigenvalue weighted by atomic mass is 35.5. The fraction of sp³-hybridized carbons (Fsp3) is 0.150. The molecule has 8 heteroatoms. The van der Waals surface area contributed by atoms with Crippen LogP contribution in [0.2, 0.25) is 5.02 Å². The van der Waals surface area contributed by atoms with Crippen molar-refractivity contribution in [1.29, 1.82) is 0 Å². The van der Waals surface area contributed by atoms with Gasteiger partial charge >= 0.3 is 0 Å². The van der Waals surface area contributed by atoms with Crippen LogP contribution in [0.15, 0.2) is 54.6 Å². The highest BCUT2D eigenvalue weighted by Crippen LogP contribution is 2.26. The minimum Gasteiger partial charge on any atom is -0.493 e. The van der Waals surface area contributed by atoms with E-state index in [-0.39, 0.29) is 12.5 Å². The maximum absolute atomic E-state index is 12.1. The van der Waals surface area contributed by atoms with E-state index in [2.05, 4.69) is 20.8 Å². The minimum absolute atomic E-state index is 0.177. The van der Waals surface area contributed by atoms with Gasteiger partial charge in [-0.2, -0.15) is 0 Å². The zero-order valence-electron chi connectivity index (χ0n) is 15.4. The number of amides is 1. The number of aromatic nitrogens is 2. The zero-order chi connectivity index (χ0) is 19.9. The number of nitrogens with zero attached hydrogens (tertiary/aromatic N) is 2. The summed E-state index contributed by atoms with van der Waals surface area (Å²) in [5.74, 6) is 1.55. The van der Waals surface area contributed by atoms with Gasteiger partial charge in [-0.1, -0.05) is 29.8 Å². The second kappa shape index (κ2) is 9.05. The molecule has 7 nitrogen and oxygen atoms in total. The zero-order valence-corrected chi connectivity index (χ0v) is 16.2. The Morgan fingerprint density at radius 3 is 2.43 bits per heavy atom. The molecule has 0 spiro atoms. The largest absolute Gasteiger partial charge is 0.493 e. The Morgan fingerprint density at radius 2 is 1.71 bits per heavy atom. The number of hydrogen-bond donors (Lipinski definition) is 2. The molecule has 1 heterocycles. The smallest absolute Gasteiger partial charge is 0.263 e. The first-order valence-electron chi connectivity index (χ1n) is 8.48. The van der Waals surface area contributed by atoms with Crippen LogP contribution in [-0.2, 0) is 4.79 Å². The first kappa shape index (κ1) is 19.4. The van der Waals surface area contributed by atoms with Crippen molar-refractivity contribution in [3.8, 4) is 11.5 Å². The predicted octanol–water partition coefficient (Wildman–Crippen LogP) is 4.21. The molecule has 2 aromatic carbocycles. The molecule has 0 atom stereocenters. The lowest BCUT2D eigenvalue weighted by atomic mass is 10.2. The number of para-hydroxylation sites is 2. The molecule has 0 aliphatic carbocycles. The van der Waals surface area contributed by atoms with Gasteiger partial charge in [-0.25, -0.2) is 0 Å². The van der Waals surface area contributed by atoms with Crippen LogP contribution in [0, 0.1) is 6.92 Å². The first-order valence-corrected chi connectivity index (χ1v) is 8.86. The number of ether oxygens (including phenoxy) is 2. The van der Waals surface area contributed by atoms with E-state index < -0.39 is 0 Å². The second-order valence-electron chi connectivity index (χ2n) is 5.83. The first-order chi connectivity index (χ1) is 13.6. The number of anilines is 3. The summed E-state index contributed by atoms with van der Waals surface area (Å²) in [5, 5.41) is 14.5. The van der Waals surface area contributed by atoms with Crippen molar-refractivity contribution in [2.75, 3.05) is 24.4 Å². The predicted molar refractivity (Wildman–Crippen MR) is 109 cm³/mol. The van der Waals surface area contributed by atoms with Crippen LogP contribution < -0.4 is 20.1 Å². The topological polar surface area (TPSA) is 85.4 Å². The van der Waals surface area contributed by atoms with Gasteiger partial charge in [0.25, 0.3) is 5.91 Å². The van der Waals surface area contributed by atoms with Crippen molar-refractivity contribution in [3.63, 3.8) is 0 Å². The third kappa shape index (κ3) is 4.89. The van der Waals surface area contributed by atoms with Gasteiger partial charge in [-0.15, -0.1) is 10.2 Å². The molecule has 1 aromatic heterocycles. The summed E-state index contributed by atoms with van der Waals surface area (Å²) in [7, 11) is 1.54. The Labute approximate surface area is 167 Å². The highest BCUT2D eigenvalue weighted by molar-refractivity contribution is 6.31. The van der Waals surface area contributed by atoms with Gasteiger partial charge in [0.15, 0.2) is 29.7 Å². The van der Waals surface area contributed by atoms with Crippen LogP contribution >= 0.6 is 11.6 Å². The SMILES string of the molecule is COc1ccccc1OCC(=O)Nc1ccc(Nc2cccc(Cl)c2C)nn1. The molecule has 0 aliphatic rings. The summed E-state index contributed by atoms with van der Waals surface area (Å²) in [5.41, 5.74) is 1.75. The van der Waals surface area contributed by atoms with E-state index >= 15 is 0 Å². The summed E-state index contributed by atoms with van der Waals surface area (Å²) < 4.78 is 10.7. The molecule has 0 saturated carbocycles. The summed E-state index contributed by atoms with van der Waals surface area (Å²) in [6.07, 6.45) is 0. The van der Waals surface area contributed by atoms with Crippen LogP contribution in [0.1, 0.15) is 5.56 Å². The molecule has 0 saturated heterocycles. The summed E-state index contributed by atoms with van der Waals surface area (Å²) in [6, 6.07) is 16.0.